The highest BCUT2D eigenvalue weighted by atomic mass is 32.1. The van der Waals surface area contributed by atoms with Crippen LogP contribution in [0.3, 0.4) is 0 Å². The van der Waals surface area contributed by atoms with Crippen molar-refractivity contribution in [2.75, 3.05) is 14.2 Å². The third-order valence-electron chi connectivity index (χ3n) is 4.19. The second-order valence-corrected chi connectivity index (χ2v) is 7.06. The van der Waals surface area contributed by atoms with Crippen LogP contribution in [-0.4, -0.2) is 30.1 Å². The molecule has 3 rings (SSSR count). The minimum atomic E-state index is -0.310. The summed E-state index contributed by atoms with van der Waals surface area (Å²) in [4.78, 5) is 22.8. The normalized spacial score (nSPS) is 12.2. The number of ether oxygens (including phenoxy) is 2. The predicted molar refractivity (Wildman–Crippen MR) is 102 cm³/mol. The Morgan fingerprint density at radius 2 is 1.96 bits per heavy atom. The van der Waals surface area contributed by atoms with E-state index in [0.717, 1.165) is 16.5 Å². The lowest BCUT2D eigenvalue weighted by Crippen LogP contribution is -2.26. The van der Waals surface area contributed by atoms with Gasteiger partial charge in [0, 0.05) is 7.11 Å². The molecular weight excluding hydrogens is 369 g/mol. The Hall–Kier alpha value is -2.58. The van der Waals surface area contributed by atoms with Crippen LogP contribution in [0.4, 0.5) is 4.39 Å². The lowest BCUT2D eigenvalue weighted by molar-refractivity contribution is 0.0943. The molecule has 0 radical (unpaired) electrons. The molecule has 2 heterocycles. The minimum absolute atomic E-state index is 0.220. The first kappa shape index (κ1) is 19.2. The Kier molecular flexibility index (Phi) is 5.67. The fourth-order valence-corrected chi connectivity index (χ4v) is 3.89. The van der Waals surface area contributed by atoms with Crippen LogP contribution in [0.2, 0.25) is 0 Å². The molecule has 6 nitrogen and oxygen atoms in total. The number of nitrogens with zero attached hydrogens (tertiary/aromatic N) is 2. The second-order valence-electron chi connectivity index (χ2n) is 6.07. The summed E-state index contributed by atoms with van der Waals surface area (Å²) in [7, 11) is 3.10. The summed E-state index contributed by atoms with van der Waals surface area (Å²) < 4.78 is 23.6. The Morgan fingerprint density at radius 3 is 2.59 bits per heavy atom. The number of hydrogen-bond acceptors (Lipinski definition) is 6. The average molecular weight is 389 g/mol. The fraction of sp³-hybridized carbons (Fsp3) is 0.316. The number of nitrogens with one attached hydrogen (secondary N) is 1. The monoisotopic (exact) mass is 389 g/mol. The lowest BCUT2D eigenvalue weighted by atomic mass is 10.1. The van der Waals surface area contributed by atoms with Gasteiger partial charge in [-0.15, -0.1) is 11.3 Å². The van der Waals surface area contributed by atoms with Gasteiger partial charge in [-0.25, -0.2) is 9.37 Å². The van der Waals surface area contributed by atoms with E-state index >= 15 is 0 Å². The van der Waals surface area contributed by atoms with E-state index in [-0.39, 0.29) is 24.4 Å². The molecule has 142 valence electrons. The van der Waals surface area contributed by atoms with Crippen molar-refractivity contribution in [3.8, 4) is 5.88 Å². The third-order valence-corrected chi connectivity index (χ3v) is 5.38. The SMILES string of the molecule is COCc1nc(OC)c2c(C)c(C(=O)NC(C)c3ccc(F)cc3)sc2n1. The van der Waals surface area contributed by atoms with Crippen LogP contribution in [0, 0.1) is 12.7 Å². The van der Waals surface area contributed by atoms with Crippen molar-refractivity contribution in [3.05, 3.63) is 51.9 Å². The van der Waals surface area contributed by atoms with E-state index in [1.165, 1.54) is 30.6 Å². The number of halogens is 1. The topological polar surface area (TPSA) is 73.3 Å². The third kappa shape index (κ3) is 3.91. The maximum Gasteiger partial charge on any atom is 0.262 e. The number of rotatable bonds is 6. The molecule has 27 heavy (non-hydrogen) atoms. The number of hydrogen-bond donors (Lipinski definition) is 1. The maximum absolute atomic E-state index is 13.1. The molecule has 3 aromatic rings. The van der Waals surface area contributed by atoms with Crippen molar-refractivity contribution in [3.63, 3.8) is 0 Å². The number of methoxy groups -OCH3 is 2. The first-order chi connectivity index (χ1) is 12.9. The number of amides is 1. The van der Waals surface area contributed by atoms with Crippen molar-refractivity contribution < 1.29 is 18.7 Å². The van der Waals surface area contributed by atoms with Gasteiger partial charge < -0.3 is 14.8 Å². The molecule has 0 saturated carbocycles. The molecule has 0 aliphatic heterocycles. The maximum atomic E-state index is 13.1. The molecular formula is C19H20FN3O3S. The van der Waals surface area contributed by atoms with E-state index < -0.39 is 0 Å². The summed E-state index contributed by atoms with van der Waals surface area (Å²) in [5.74, 6) is 0.388. The molecule has 0 aliphatic rings. The Bertz CT molecular complexity index is 972. The summed E-state index contributed by atoms with van der Waals surface area (Å²) in [5.41, 5.74) is 1.59. The van der Waals surface area contributed by atoms with E-state index in [0.29, 0.717) is 21.4 Å². The highest BCUT2D eigenvalue weighted by Gasteiger charge is 2.22. The Labute approximate surface area is 160 Å². The van der Waals surface area contributed by atoms with Gasteiger partial charge in [0.1, 0.15) is 17.3 Å². The van der Waals surface area contributed by atoms with E-state index in [4.69, 9.17) is 9.47 Å². The Balaban J connectivity index is 1.92. The van der Waals surface area contributed by atoms with Gasteiger partial charge in [-0.2, -0.15) is 4.98 Å². The predicted octanol–water partition coefficient (Wildman–Crippen LogP) is 3.78. The fourth-order valence-electron chi connectivity index (χ4n) is 2.80. The zero-order valence-corrected chi connectivity index (χ0v) is 16.3. The molecule has 0 aliphatic carbocycles. The van der Waals surface area contributed by atoms with Crippen molar-refractivity contribution in [2.45, 2.75) is 26.5 Å². The van der Waals surface area contributed by atoms with Crippen LogP contribution in [0.15, 0.2) is 24.3 Å². The van der Waals surface area contributed by atoms with Gasteiger partial charge in [-0.1, -0.05) is 12.1 Å². The van der Waals surface area contributed by atoms with E-state index in [1.54, 1.807) is 19.2 Å². The largest absolute Gasteiger partial charge is 0.480 e. The van der Waals surface area contributed by atoms with E-state index in [2.05, 4.69) is 15.3 Å². The van der Waals surface area contributed by atoms with Gasteiger partial charge in [0.2, 0.25) is 5.88 Å². The summed E-state index contributed by atoms with van der Waals surface area (Å²) in [6.45, 7) is 3.95. The van der Waals surface area contributed by atoms with Gasteiger partial charge in [0.15, 0.2) is 5.82 Å². The van der Waals surface area contributed by atoms with Crippen LogP contribution in [-0.2, 0) is 11.3 Å². The molecule has 0 spiro atoms. The van der Waals surface area contributed by atoms with Crippen LogP contribution < -0.4 is 10.1 Å². The molecule has 1 atom stereocenters. The number of thiophene rings is 1. The minimum Gasteiger partial charge on any atom is -0.480 e. The smallest absolute Gasteiger partial charge is 0.262 e. The summed E-state index contributed by atoms with van der Waals surface area (Å²) in [6.07, 6.45) is 0. The molecule has 1 aromatic carbocycles. The first-order valence-electron chi connectivity index (χ1n) is 8.33. The van der Waals surface area contributed by atoms with Crippen LogP contribution in [0.5, 0.6) is 5.88 Å². The van der Waals surface area contributed by atoms with Gasteiger partial charge in [-0.05, 0) is 37.1 Å². The number of benzene rings is 1. The first-order valence-corrected chi connectivity index (χ1v) is 9.15. The summed E-state index contributed by atoms with van der Waals surface area (Å²) >= 11 is 1.28. The van der Waals surface area contributed by atoms with Crippen molar-refractivity contribution >= 4 is 27.5 Å². The average Bonchev–Trinajstić information content (AvgIpc) is 2.98. The lowest BCUT2D eigenvalue weighted by Gasteiger charge is -2.14. The zero-order valence-electron chi connectivity index (χ0n) is 15.5. The van der Waals surface area contributed by atoms with Crippen molar-refractivity contribution in [1.29, 1.82) is 0 Å². The number of carbonyl (C=O) groups excluding carboxylic acids is 1. The van der Waals surface area contributed by atoms with E-state index in [1.807, 2.05) is 13.8 Å². The summed E-state index contributed by atoms with van der Waals surface area (Å²) in [6, 6.07) is 5.80. The van der Waals surface area contributed by atoms with Gasteiger partial charge in [0.05, 0.1) is 23.4 Å². The van der Waals surface area contributed by atoms with Crippen molar-refractivity contribution in [2.24, 2.45) is 0 Å². The molecule has 1 N–H and O–H groups in total. The molecule has 0 fully saturated rings. The van der Waals surface area contributed by atoms with Gasteiger partial charge in [-0.3, -0.25) is 4.79 Å². The molecule has 1 unspecified atom stereocenters. The molecule has 0 saturated heterocycles. The van der Waals surface area contributed by atoms with Crippen molar-refractivity contribution in [1.82, 2.24) is 15.3 Å². The van der Waals surface area contributed by atoms with Gasteiger partial charge in [0.25, 0.3) is 5.91 Å². The molecule has 2 aromatic heterocycles. The highest BCUT2D eigenvalue weighted by Crippen LogP contribution is 2.35. The van der Waals surface area contributed by atoms with Crippen LogP contribution in [0.25, 0.3) is 10.2 Å². The van der Waals surface area contributed by atoms with Crippen LogP contribution >= 0.6 is 11.3 Å². The number of aryl methyl sites for hydroxylation is 1. The highest BCUT2D eigenvalue weighted by molar-refractivity contribution is 7.20. The molecule has 8 heteroatoms. The number of aromatic nitrogens is 2. The standard InChI is InChI=1S/C19H20FN3O3S/c1-10-15-18(26-4)22-14(9-25-3)23-19(15)27-16(10)17(24)21-11(2)12-5-7-13(20)8-6-12/h5-8,11H,9H2,1-4H3,(H,21,24). The quantitative estimate of drug-likeness (QED) is 0.694. The zero-order chi connectivity index (χ0) is 19.6. The number of fused-ring (bicyclic) bond motifs is 1. The molecule has 1 amide bonds. The van der Waals surface area contributed by atoms with Gasteiger partial charge >= 0.3 is 0 Å². The second kappa shape index (κ2) is 7.98. The number of carbonyl (C=O) groups is 1. The van der Waals surface area contributed by atoms with E-state index in [9.17, 15) is 9.18 Å². The molecule has 0 bridgehead atoms. The van der Waals surface area contributed by atoms with Crippen LogP contribution in [0.1, 0.15) is 39.6 Å². The summed E-state index contributed by atoms with van der Waals surface area (Å²) in [5, 5.41) is 3.67. The Morgan fingerprint density at radius 1 is 1.26 bits per heavy atom.